The summed E-state index contributed by atoms with van der Waals surface area (Å²) in [5, 5.41) is 12.2. The Labute approximate surface area is 152 Å². The largest absolute Gasteiger partial charge is 0.465 e. The number of nitrogens with zero attached hydrogens (tertiary/aromatic N) is 6. The number of piperazine rings is 1. The smallest absolute Gasteiger partial charge is 0.337 e. The van der Waals surface area contributed by atoms with Crippen molar-refractivity contribution in [3.63, 3.8) is 0 Å². The van der Waals surface area contributed by atoms with Gasteiger partial charge in [-0.15, -0.1) is 5.10 Å². The molecule has 2 heterocycles. The maximum absolute atomic E-state index is 11.6. The van der Waals surface area contributed by atoms with Crippen LogP contribution >= 0.6 is 0 Å². The molecule has 1 atom stereocenters. The van der Waals surface area contributed by atoms with E-state index in [2.05, 4.69) is 32.2 Å². The van der Waals surface area contributed by atoms with E-state index in [9.17, 15) is 4.79 Å². The minimum Gasteiger partial charge on any atom is -0.465 e. The fourth-order valence-corrected chi connectivity index (χ4v) is 3.49. The van der Waals surface area contributed by atoms with E-state index in [-0.39, 0.29) is 5.97 Å². The molecule has 2 aliphatic rings. The molecule has 0 N–H and O–H groups in total. The number of hydrogen-bond donors (Lipinski definition) is 0. The molecule has 2 fully saturated rings. The van der Waals surface area contributed by atoms with Gasteiger partial charge in [-0.2, -0.15) is 0 Å². The molecule has 2 aromatic rings. The van der Waals surface area contributed by atoms with Crippen LogP contribution in [0.25, 0.3) is 0 Å². The van der Waals surface area contributed by atoms with Crippen LogP contribution in [-0.4, -0.2) is 63.9 Å². The van der Waals surface area contributed by atoms with E-state index >= 15 is 0 Å². The molecule has 1 saturated heterocycles. The molecule has 4 rings (SSSR count). The third kappa shape index (κ3) is 3.41. The standard InChI is InChI=1S/C18H24N6O2/c1-13-11-23(15-5-3-14(4-6-15)18(25)26-2)10-9-22(13)12-17-19-20-21-24(17)16-7-8-16/h3-6,13,16H,7-12H2,1-2H3/t13-/m0/s1. The molecule has 0 radical (unpaired) electrons. The number of hydrogen-bond acceptors (Lipinski definition) is 7. The fourth-order valence-electron chi connectivity index (χ4n) is 3.49. The van der Waals surface area contributed by atoms with Gasteiger partial charge in [0.05, 0.1) is 25.3 Å². The summed E-state index contributed by atoms with van der Waals surface area (Å²) in [7, 11) is 1.40. The highest BCUT2D eigenvalue weighted by Crippen LogP contribution is 2.34. The molecule has 0 unspecified atom stereocenters. The zero-order valence-corrected chi connectivity index (χ0v) is 15.2. The summed E-state index contributed by atoms with van der Waals surface area (Å²) in [5.41, 5.74) is 1.71. The van der Waals surface area contributed by atoms with Crippen molar-refractivity contribution in [3.8, 4) is 0 Å². The second-order valence-electron chi connectivity index (χ2n) is 7.07. The molecule has 8 nitrogen and oxygen atoms in total. The third-order valence-electron chi connectivity index (χ3n) is 5.22. The molecule has 26 heavy (non-hydrogen) atoms. The zero-order chi connectivity index (χ0) is 18.1. The van der Waals surface area contributed by atoms with E-state index in [4.69, 9.17) is 4.74 Å². The number of tetrazole rings is 1. The number of methoxy groups -OCH3 is 1. The number of carbonyl (C=O) groups excluding carboxylic acids is 1. The normalized spacial score (nSPS) is 21.0. The minimum atomic E-state index is -0.303. The lowest BCUT2D eigenvalue weighted by Crippen LogP contribution is -2.51. The van der Waals surface area contributed by atoms with Crippen LogP contribution < -0.4 is 4.90 Å². The second-order valence-corrected chi connectivity index (χ2v) is 7.07. The maximum Gasteiger partial charge on any atom is 0.337 e. The van der Waals surface area contributed by atoms with Gasteiger partial charge in [0.2, 0.25) is 0 Å². The summed E-state index contributed by atoms with van der Waals surface area (Å²) in [6, 6.07) is 8.52. The van der Waals surface area contributed by atoms with Gasteiger partial charge in [-0.25, -0.2) is 9.48 Å². The monoisotopic (exact) mass is 356 g/mol. The van der Waals surface area contributed by atoms with Gasteiger partial charge in [0, 0.05) is 31.4 Å². The Bertz CT molecular complexity index is 770. The molecular weight excluding hydrogens is 332 g/mol. The Morgan fingerprint density at radius 3 is 2.65 bits per heavy atom. The van der Waals surface area contributed by atoms with E-state index in [1.54, 1.807) is 0 Å². The summed E-state index contributed by atoms with van der Waals surface area (Å²) in [6.07, 6.45) is 2.37. The lowest BCUT2D eigenvalue weighted by Gasteiger charge is -2.40. The van der Waals surface area contributed by atoms with Crippen molar-refractivity contribution in [2.45, 2.75) is 38.4 Å². The van der Waals surface area contributed by atoms with E-state index in [1.165, 1.54) is 20.0 Å². The highest BCUT2D eigenvalue weighted by Gasteiger charge is 2.30. The number of benzene rings is 1. The van der Waals surface area contributed by atoms with Gasteiger partial charge >= 0.3 is 5.97 Å². The first-order valence-corrected chi connectivity index (χ1v) is 9.10. The quantitative estimate of drug-likeness (QED) is 0.752. The number of ether oxygens (including phenoxy) is 1. The van der Waals surface area contributed by atoms with Crippen molar-refractivity contribution in [3.05, 3.63) is 35.7 Å². The minimum absolute atomic E-state index is 0.303. The molecule has 1 aliphatic heterocycles. The first kappa shape index (κ1) is 17.0. The number of esters is 1. The van der Waals surface area contributed by atoms with Crippen LogP contribution in [-0.2, 0) is 11.3 Å². The average molecular weight is 356 g/mol. The summed E-state index contributed by atoms with van der Waals surface area (Å²) < 4.78 is 6.75. The van der Waals surface area contributed by atoms with Gasteiger partial charge in [-0.05, 0) is 54.5 Å². The average Bonchev–Trinajstić information content (AvgIpc) is 3.41. The van der Waals surface area contributed by atoms with Crippen molar-refractivity contribution >= 4 is 11.7 Å². The number of carbonyl (C=O) groups is 1. The molecule has 8 heteroatoms. The maximum atomic E-state index is 11.6. The number of aromatic nitrogens is 4. The Morgan fingerprint density at radius 1 is 1.23 bits per heavy atom. The van der Waals surface area contributed by atoms with Crippen molar-refractivity contribution < 1.29 is 9.53 Å². The predicted octanol–water partition coefficient (Wildman–Crippen LogP) is 1.51. The Kier molecular flexibility index (Phi) is 4.58. The molecule has 0 bridgehead atoms. The van der Waals surface area contributed by atoms with Crippen LogP contribution in [0.15, 0.2) is 24.3 Å². The van der Waals surface area contributed by atoms with E-state index in [0.717, 1.165) is 37.7 Å². The molecule has 1 saturated carbocycles. The highest BCUT2D eigenvalue weighted by atomic mass is 16.5. The van der Waals surface area contributed by atoms with Gasteiger partial charge in [-0.3, -0.25) is 4.90 Å². The Balaban J connectivity index is 1.38. The number of rotatable bonds is 5. The first-order chi connectivity index (χ1) is 12.7. The van der Waals surface area contributed by atoms with E-state index < -0.39 is 0 Å². The van der Waals surface area contributed by atoms with Crippen LogP contribution in [0.5, 0.6) is 0 Å². The van der Waals surface area contributed by atoms with Gasteiger partial charge < -0.3 is 9.64 Å². The molecule has 0 spiro atoms. The van der Waals surface area contributed by atoms with Crippen molar-refractivity contribution in [1.29, 1.82) is 0 Å². The van der Waals surface area contributed by atoms with Crippen molar-refractivity contribution in [2.24, 2.45) is 0 Å². The van der Waals surface area contributed by atoms with Crippen LogP contribution in [0.3, 0.4) is 0 Å². The topological polar surface area (TPSA) is 76.4 Å². The van der Waals surface area contributed by atoms with E-state index in [1.807, 2.05) is 28.9 Å². The zero-order valence-electron chi connectivity index (χ0n) is 15.2. The molecule has 138 valence electrons. The first-order valence-electron chi connectivity index (χ1n) is 9.10. The van der Waals surface area contributed by atoms with Crippen LogP contribution in [0, 0.1) is 0 Å². The summed E-state index contributed by atoms with van der Waals surface area (Å²) in [6.45, 7) is 5.85. The van der Waals surface area contributed by atoms with Crippen LogP contribution in [0.1, 0.15) is 42.0 Å². The molecule has 1 aromatic heterocycles. The molecule has 0 amide bonds. The van der Waals surface area contributed by atoms with Gasteiger partial charge in [-0.1, -0.05) is 0 Å². The van der Waals surface area contributed by atoms with Crippen LogP contribution in [0.4, 0.5) is 5.69 Å². The van der Waals surface area contributed by atoms with E-state index in [0.29, 0.717) is 17.6 Å². The molecule has 1 aromatic carbocycles. The van der Waals surface area contributed by atoms with Crippen molar-refractivity contribution in [2.75, 3.05) is 31.6 Å². The molecular formula is C18H24N6O2. The fraction of sp³-hybridized carbons (Fsp3) is 0.556. The Morgan fingerprint density at radius 2 is 2.00 bits per heavy atom. The van der Waals surface area contributed by atoms with Crippen LogP contribution in [0.2, 0.25) is 0 Å². The lowest BCUT2D eigenvalue weighted by atomic mass is 10.1. The second kappa shape index (κ2) is 7.03. The summed E-state index contributed by atoms with van der Waals surface area (Å²) in [4.78, 5) is 16.4. The summed E-state index contributed by atoms with van der Waals surface area (Å²) >= 11 is 0. The predicted molar refractivity (Wildman–Crippen MR) is 96.0 cm³/mol. The van der Waals surface area contributed by atoms with Gasteiger partial charge in [0.1, 0.15) is 0 Å². The summed E-state index contributed by atoms with van der Waals surface area (Å²) in [5.74, 6) is 0.665. The van der Waals surface area contributed by atoms with Gasteiger partial charge in [0.25, 0.3) is 0 Å². The van der Waals surface area contributed by atoms with Crippen molar-refractivity contribution in [1.82, 2.24) is 25.1 Å². The number of anilines is 1. The highest BCUT2D eigenvalue weighted by molar-refractivity contribution is 5.89. The lowest BCUT2D eigenvalue weighted by molar-refractivity contribution is 0.0600. The van der Waals surface area contributed by atoms with Gasteiger partial charge in [0.15, 0.2) is 5.82 Å². The SMILES string of the molecule is COC(=O)c1ccc(N2CCN(Cc3nnnn3C3CC3)[C@@H](C)C2)cc1. The third-order valence-corrected chi connectivity index (χ3v) is 5.22. The Hall–Kier alpha value is -2.48. The molecule has 1 aliphatic carbocycles.